The Morgan fingerprint density at radius 2 is 1.82 bits per heavy atom. The number of hydrogen-bond acceptors (Lipinski definition) is 7. The van der Waals surface area contributed by atoms with Crippen LogP contribution in [0.5, 0.6) is 5.75 Å². The van der Waals surface area contributed by atoms with Crippen molar-refractivity contribution >= 4 is 44.1 Å². The van der Waals surface area contributed by atoms with Crippen molar-refractivity contribution in [1.82, 2.24) is 4.31 Å². The van der Waals surface area contributed by atoms with Crippen LogP contribution in [-0.2, 0) is 10.0 Å². The lowest BCUT2D eigenvalue weighted by Crippen LogP contribution is -2.39. The molecule has 2 heterocycles. The number of anilines is 2. The number of fused-ring (bicyclic) bond motifs is 1. The third-order valence-electron chi connectivity index (χ3n) is 6.99. The van der Waals surface area contributed by atoms with Crippen LogP contribution >= 0.6 is 0 Å². The molecule has 10 heteroatoms. The Kier molecular flexibility index (Phi) is 7.90. The van der Waals surface area contributed by atoms with E-state index in [1.165, 1.54) is 16.4 Å². The lowest BCUT2D eigenvalue weighted by molar-refractivity contribution is 0.0990. The standard InChI is InChI=1S/C30H31N3O6S/c1-20-7-6-16-33(19-20)40(36,37)24-9-5-8-21(17-24)26(34)18-31-28-25-10-3-4-11-27(25)39-29(28)30(35)32-22-12-14-23(38-2)15-13-22/h3-5,8-15,17,20,31H,6-7,16,18-19H2,1-2H3,(H,32,35). The molecule has 1 amide bonds. The third kappa shape index (κ3) is 5.73. The molecule has 5 rings (SSSR count). The van der Waals surface area contributed by atoms with E-state index in [1.807, 2.05) is 13.0 Å². The molecule has 208 valence electrons. The summed E-state index contributed by atoms with van der Waals surface area (Å²) < 4.78 is 39.0. The van der Waals surface area contributed by atoms with Crippen molar-refractivity contribution in [2.75, 3.05) is 37.4 Å². The first kappa shape index (κ1) is 27.4. The fourth-order valence-electron chi connectivity index (χ4n) is 4.86. The fraction of sp³-hybridized carbons (Fsp3) is 0.267. The molecule has 1 fully saturated rings. The maximum absolute atomic E-state index is 13.2. The first-order valence-corrected chi connectivity index (χ1v) is 14.5. The summed E-state index contributed by atoms with van der Waals surface area (Å²) in [5.74, 6) is 0.166. The Morgan fingerprint density at radius 3 is 2.58 bits per heavy atom. The number of para-hydroxylation sites is 1. The number of hydrogen-bond donors (Lipinski definition) is 2. The Bertz CT molecular complexity index is 1650. The summed E-state index contributed by atoms with van der Waals surface area (Å²) in [6.45, 7) is 2.81. The van der Waals surface area contributed by atoms with Crippen molar-refractivity contribution in [2.45, 2.75) is 24.7 Å². The molecule has 1 atom stereocenters. The summed E-state index contributed by atoms with van der Waals surface area (Å²) in [5.41, 5.74) is 1.67. The number of methoxy groups -OCH3 is 1. The molecule has 1 aliphatic rings. The maximum atomic E-state index is 13.2. The van der Waals surface area contributed by atoms with Crippen molar-refractivity contribution in [3.8, 4) is 5.75 Å². The van der Waals surface area contributed by atoms with Crippen LogP contribution in [0.4, 0.5) is 11.4 Å². The van der Waals surface area contributed by atoms with Gasteiger partial charge in [0, 0.05) is 29.7 Å². The zero-order chi connectivity index (χ0) is 28.3. The van der Waals surface area contributed by atoms with Crippen LogP contribution in [0.25, 0.3) is 11.0 Å². The number of ether oxygens (including phenoxy) is 1. The zero-order valence-corrected chi connectivity index (χ0v) is 23.2. The summed E-state index contributed by atoms with van der Waals surface area (Å²) >= 11 is 0. The number of Topliss-reactive ketones (excluding diaryl/α,β-unsaturated/α-hetero) is 1. The molecule has 0 spiro atoms. The molecule has 0 aliphatic carbocycles. The molecule has 1 aromatic heterocycles. The summed E-state index contributed by atoms with van der Waals surface area (Å²) in [6.07, 6.45) is 1.81. The number of piperidine rings is 1. The van der Waals surface area contributed by atoms with E-state index in [4.69, 9.17) is 9.15 Å². The van der Waals surface area contributed by atoms with E-state index in [-0.39, 0.29) is 28.5 Å². The second-order valence-electron chi connectivity index (χ2n) is 9.90. The number of amides is 1. The highest BCUT2D eigenvalue weighted by Gasteiger charge is 2.29. The molecule has 2 N–H and O–H groups in total. The highest BCUT2D eigenvalue weighted by atomic mass is 32.2. The summed E-state index contributed by atoms with van der Waals surface area (Å²) in [7, 11) is -2.14. The smallest absolute Gasteiger partial charge is 0.293 e. The van der Waals surface area contributed by atoms with Gasteiger partial charge < -0.3 is 19.8 Å². The van der Waals surface area contributed by atoms with E-state index in [2.05, 4.69) is 10.6 Å². The molecule has 4 aromatic rings. The van der Waals surface area contributed by atoms with Gasteiger partial charge in [-0.3, -0.25) is 9.59 Å². The van der Waals surface area contributed by atoms with E-state index >= 15 is 0 Å². The predicted molar refractivity (Wildman–Crippen MR) is 154 cm³/mol. The Balaban J connectivity index is 1.35. The van der Waals surface area contributed by atoms with E-state index in [1.54, 1.807) is 61.7 Å². The molecule has 1 aliphatic heterocycles. The number of ketones is 1. The first-order valence-electron chi connectivity index (χ1n) is 13.1. The second-order valence-corrected chi connectivity index (χ2v) is 11.8. The molecular weight excluding hydrogens is 530 g/mol. The fourth-order valence-corrected chi connectivity index (χ4v) is 6.50. The molecular formula is C30H31N3O6S. The summed E-state index contributed by atoms with van der Waals surface area (Å²) in [6, 6.07) is 20.1. The number of nitrogens with zero attached hydrogens (tertiary/aromatic N) is 1. The number of furan rings is 1. The van der Waals surface area contributed by atoms with Gasteiger partial charge in [0.05, 0.1) is 24.2 Å². The van der Waals surface area contributed by atoms with E-state index in [9.17, 15) is 18.0 Å². The number of carbonyl (C=O) groups is 2. The van der Waals surface area contributed by atoms with Crippen LogP contribution < -0.4 is 15.4 Å². The highest BCUT2D eigenvalue weighted by molar-refractivity contribution is 7.89. The minimum absolute atomic E-state index is 0.0281. The van der Waals surface area contributed by atoms with Crippen molar-refractivity contribution in [3.05, 3.63) is 84.1 Å². The normalized spacial score (nSPS) is 16.0. The molecule has 9 nitrogen and oxygen atoms in total. The number of sulfonamides is 1. The van der Waals surface area contributed by atoms with Gasteiger partial charge in [-0.1, -0.05) is 31.2 Å². The minimum Gasteiger partial charge on any atom is -0.497 e. The average molecular weight is 562 g/mol. The van der Waals surface area contributed by atoms with Crippen LogP contribution in [0.2, 0.25) is 0 Å². The van der Waals surface area contributed by atoms with Crippen LogP contribution in [-0.4, -0.2) is 51.2 Å². The van der Waals surface area contributed by atoms with Crippen molar-refractivity contribution in [2.24, 2.45) is 5.92 Å². The monoisotopic (exact) mass is 561 g/mol. The predicted octanol–water partition coefficient (Wildman–Crippen LogP) is 5.41. The summed E-state index contributed by atoms with van der Waals surface area (Å²) in [5, 5.41) is 6.51. The molecule has 0 saturated carbocycles. The second kappa shape index (κ2) is 11.5. The number of benzene rings is 3. The van der Waals surface area contributed by atoms with Crippen LogP contribution in [0, 0.1) is 5.92 Å². The Morgan fingerprint density at radius 1 is 1.05 bits per heavy atom. The zero-order valence-electron chi connectivity index (χ0n) is 22.3. The quantitative estimate of drug-likeness (QED) is 0.262. The van der Waals surface area contributed by atoms with E-state index in [0.717, 1.165) is 12.8 Å². The molecule has 3 aromatic carbocycles. The van der Waals surface area contributed by atoms with E-state index in [0.29, 0.717) is 47.1 Å². The molecule has 1 saturated heterocycles. The van der Waals surface area contributed by atoms with Gasteiger partial charge in [-0.2, -0.15) is 4.31 Å². The van der Waals surface area contributed by atoms with Crippen molar-refractivity contribution < 1.29 is 27.2 Å². The number of nitrogens with one attached hydrogen (secondary N) is 2. The highest BCUT2D eigenvalue weighted by Crippen LogP contribution is 2.32. The summed E-state index contributed by atoms with van der Waals surface area (Å²) in [4.78, 5) is 26.5. The Hall–Kier alpha value is -4.15. The lowest BCUT2D eigenvalue weighted by atomic mass is 10.0. The molecule has 40 heavy (non-hydrogen) atoms. The molecule has 0 radical (unpaired) electrons. The van der Waals surface area contributed by atoms with Gasteiger partial charge >= 0.3 is 0 Å². The number of carbonyl (C=O) groups excluding carboxylic acids is 2. The molecule has 0 bridgehead atoms. The van der Waals surface area contributed by atoms with Crippen LogP contribution in [0.1, 0.15) is 40.7 Å². The minimum atomic E-state index is -3.71. The Labute approximate surface area is 233 Å². The van der Waals surface area contributed by atoms with Crippen LogP contribution in [0.3, 0.4) is 0 Å². The maximum Gasteiger partial charge on any atom is 0.293 e. The van der Waals surface area contributed by atoms with Gasteiger partial charge in [-0.15, -0.1) is 0 Å². The lowest BCUT2D eigenvalue weighted by Gasteiger charge is -2.30. The van der Waals surface area contributed by atoms with Gasteiger partial charge in [-0.05, 0) is 67.3 Å². The third-order valence-corrected chi connectivity index (χ3v) is 8.85. The largest absolute Gasteiger partial charge is 0.497 e. The topological polar surface area (TPSA) is 118 Å². The molecule has 1 unspecified atom stereocenters. The van der Waals surface area contributed by atoms with Gasteiger partial charge in [-0.25, -0.2) is 8.42 Å². The van der Waals surface area contributed by atoms with Gasteiger partial charge in [0.15, 0.2) is 5.78 Å². The number of rotatable bonds is 9. The van der Waals surface area contributed by atoms with Gasteiger partial charge in [0.1, 0.15) is 11.3 Å². The first-order chi connectivity index (χ1) is 19.3. The van der Waals surface area contributed by atoms with Crippen molar-refractivity contribution in [3.63, 3.8) is 0 Å². The van der Waals surface area contributed by atoms with Gasteiger partial charge in [0.25, 0.3) is 5.91 Å². The van der Waals surface area contributed by atoms with Crippen LogP contribution in [0.15, 0.2) is 82.1 Å². The van der Waals surface area contributed by atoms with Crippen molar-refractivity contribution in [1.29, 1.82) is 0 Å². The average Bonchev–Trinajstić information content (AvgIpc) is 3.35. The van der Waals surface area contributed by atoms with Gasteiger partial charge in [0.2, 0.25) is 15.8 Å². The van der Waals surface area contributed by atoms with E-state index < -0.39 is 15.9 Å². The SMILES string of the molecule is COc1ccc(NC(=O)c2oc3ccccc3c2NCC(=O)c2cccc(S(=O)(=O)N3CCCC(C)C3)c2)cc1.